The van der Waals surface area contributed by atoms with E-state index in [0.29, 0.717) is 0 Å². The van der Waals surface area contributed by atoms with Crippen molar-refractivity contribution in [3.8, 4) is 11.3 Å². The highest BCUT2D eigenvalue weighted by Crippen LogP contribution is 2.68. The molecule has 1 aliphatic carbocycles. The monoisotopic (exact) mass is 398 g/mol. The third-order valence-corrected chi connectivity index (χ3v) is 5.62. The highest BCUT2D eigenvalue weighted by Gasteiger charge is 2.77. The Balaban J connectivity index is 2.28. The zero-order valence-corrected chi connectivity index (χ0v) is 15.7. The van der Waals surface area contributed by atoms with Crippen molar-refractivity contribution in [1.29, 1.82) is 0 Å². The molecule has 1 aliphatic rings. The average Bonchev–Trinajstić information content (AvgIpc) is 3.13. The van der Waals surface area contributed by atoms with Gasteiger partial charge in [0.25, 0.3) is 5.92 Å². The lowest BCUT2D eigenvalue weighted by molar-refractivity contribution is -0.0799. The van der Waals surface area contributed by atoms with E-state index in [2.05, 4.69) is 4.98 Å². The summed E-state index contributed by atoms with van der Waals surface area (Å²) in [6.07, 6.45) is -0.601. The predicted molar refractivity (Wildman–Crippen MR) is 95.5 cm³/mol. The molecule has 2 aromatic rings. The molecule has 8 heteroatoms. The minimum absolute atomic E-state index is 0.165. The Morgan fingerprint density at radius 2 is 1.68 bits per heavy atom. The Bertz CT molecular complexity index is 912. The topological polar surface area (TPSA) is 79.4 Å². The van der Waals surface area contributed by atoms with Crippen molar-refractivity contribution >= 4 is 0 Å². The summed E-state index contributed by atoms with van der Waals surface area (Å²) >= 11 is 0. The summed E-state index contributed by atoms with van der Waals surface area (Å²) in [6.45, 7) is 3.25. The van der Waals surface area contributed by atoms with Crippen LogP contribution in [0.5, 0.6) is 0 Å². The van der Waals surface area contributed by atoms with E-state index in [-0.39, 0.29) is 22.5 Å². The van der Waals surface area contributed by atoms with E-state index in [1.165, 1.54) is 32.9 Å². The van der Waals surface area contributed by atoms with Crippen molar-refractivity contribution in [3.05, 3.63) is 53.2 Å². The molecule has 28 heavy (non-hydrogen) atoms. The van der Waals surface area contributed by atoms with Crippen LogP contribution >= 0.6 is 0 Å². The lowest BCUT2D eigenvalue weighted by Gasteiger charge is -2.34. The number of pyridine rings is 1. The Labute approximate surface area is 160 Å². The van der Waals surface area contributed by atoms with Crippen molar-refractivity contribution in [2.75, 3.05) is 6.54 Å². The first kappa shape index (κ1) is 20.7. The van der Waals surface area contributed by atoms with E-state index < -0.39 is 47.1 Å². The highest BCUT2D eigenvalue weighted by molar-refractivity contribution is 5.62. The van der Waals surface area contributed by atoms with Gasteiger partial charge in [0.2, 0.25) is 0 Å². The minimum atomic E-state index is -3.16. The summed E-state index contributed by atoms with van der Waals surface area (Å²) < 4.78 is 56.4. The van der Waals surface area contributed by atoms with Gasteiger partial charge in [0.1, 0.15) is 17.1 Å². The van der Waals surface area contributed by atoms with Crippen molar-refractivity contribution in [2.24, 2.45) is 11.1 Å². The lowest BCUT2D eigenvalue weighted by Crippen LogP contribution is -2.46. The average molecular weight is 398 g/mol. The molecule has 2 atom stereocenters. The Morgan fingerprint density at radius 3 is 2.11 bits per heavy atom. The number of hydrogen-bond donors (Lipinski definition) is 3. The molecule has 3 rings (SSSR count). The summed E-state index contributed by atoms with van der Waals surface area (Å²) in [6, 6.07) is 5.80. The molecule has 4 nitrogen and oxygen atoms in total. The molecule has 0 radical (unpaired) electrons. The second kappa shape index (κ2) is 6.23. The maximum Gasteiger partial charge on any atom is 0.257 e. The standard InChI is InChI=1S/C20H22F4N2O2/c1-17(2,27)13-8-14(19(28,10-25)18(3)9-20(18,23)24)26-16(15(13)22)11-4-6-12(21)7-5-11/h4-8,27-28H,9-10,25H2,1-3H3/t18-,19-/m1/s1. The van der Waals surface area contributed by atoms with Crippen LogP contribution in [0.15, 0.2) is 30.3 Å². The number of rotatable bonds is 5. The first-order chi connectivity index (χ1) is 12.8. The number of nitrogens with zero attached hydrogens (tertiary/aromatic N) is 1. The Hall–Kier alpha value is -2.03. The van der Waals surface area contributed by atoms with E-state index in [4.69, 9.17) is 5.73 Å². The molecule has 152 valence electrons. The van der Waals surface area contributed by atoms with E-state index in [9.17, 15) is 23.4 Å². The van der Waals surface area contributed by atoms with Gasteiger partial charge in [-0.2, -0.15) is 0 Å². The van der Waals surface area contributed by atoms with E-state index in [1.54, 1.807) is 0 Å². The van der Waals surface area contributed by atoms with Gasteiger partial charge in [-0.1, -0.05) is 6.92 Å². The van der Waals surface area contributed by atoms with Gasteiger partial charge in [0.05, 0.1) is 16.7 Å². The second-order valence-corrected chi connectivity index (χ2v) is 8.06. The number of aliphatic hydroxyl groups is 2. The molecule has 1 fully saturated rings. The van der Waals surface area contributed by atoms with Gasteiger partial charge in [-0.15, -0.1) is 0 Å². The van der Waals surface area contributed by atoms with Gasteiger partial charge in [-0.3, -0.25) is 0 Å². The number of nitrogens with two attached hydrogens (primary N) is 1. The Kier molecular flexibility index (Phi) is 4.61. The molecule has 1 heterocycles. The zero-order valence-electron chi connectivity index (χ0n) is 15.7. The van der Waals surface area contributed by atoms with Crippen molar-refractivity contribution in [2.45, 2.75) is 44.3 Å². The van der Waals surface area contributed by atoms with Crippen LogP contribution in [0.2, 0.25) is 0 Å². The third kappa shape index (κ3) is 3.00. The number of hydrogen-bond acceptors (Lipinski definition) is 4. The fraction of sp³-hybridized carbons (Fsp3) is 0.450. The van der Waals surface area contributed by atoms with Crippen LogP contribution in [0.4, 0.5) is 17.6 Å². The van der Waals surface area contributed by atoms with Gasteiger partial charge >= 0.3 is 0 Å². The smallest absolute Gasteiger partial charge is 0.257 e. The van der Waals surface area contributed by atoms with Crippen LogP contribution in [0.3, 0.4) is 0 Å². The minimum Gasteiger partial charge on any atom is -0.386 e. The molecule has 0 amide bonds. The molecule has 0 saturated heterocycles. The largest absolute Gasteiger partial charge is 0.386 e. The van der Waals surface area contributed by atoms with Gasteiger partial charge in [-0.25, -0.2) is 22.5 Å². The summed E-state index contributed by atoms with van der Waals surface area (Å²) in [4.78, 5) is 4.09. The fourth-order valence-corrected chi connectivity index (χ4v) is 3.45. The van der Waals surface area contributed by atoms with E-state index in [0.717, 1.165) is 18.2 Å². The van der Waals surface area contributed by atoms with Crippen LogP contribution in [0, 0.1) is 17.0 Å². The number of alkyl halides is 2. The SMILES string of the molecule is CC(C)(O)c1cc([C@](O)(CN)[C@@]2(C)CC2(F)F)nc(-c2ccc(F)cc2)c1F. The van der Waals surface area contributed by atoms with Crippen LogP contribution in [-0.2, 0) is 11.2 Å². The second-order valence-electron chi connectivity index (χ2n) is 8.06. The number of halogens is 4. The molecule has 0 unspecified atom stereocenters. The molecule has 1 aromatic carbocycles. The first-order valence-electron chi connectivity index (χ1n) is 8.77. The van der Waals surface area contributed by atoms with Gasteiger partial charge < -0.3 is 15.9 Å². The maximum absolute atomic E-state index is 15.1. The van der Waals surface area contributed by atoms with Crippen molar-refractivity contribution in [1.82, 2.24) is 4.98 Å². The number of benzene rings is 1. The van der Waals surface area contributed by atoms with Gasteiger partial charge in [0, 0.05) is 24.1 Å². The van der Waals surface area contributed by atoms with Crippen LogP contribution < -0.4 is 5.73 Å². The predicted octanol–water partition coefficient (Wildman–Crippen LogP) is 3.45. The van der Waals surface area contributed by atoms with E-state index >= 15 is 4.39 Å². The first-order valence-corrected chi connectivity index (χ1v) is 8.77. The summed E-state index contributed by atoms with van der Waals surface area (Å²) in [5.74, 6) is -4.61. The molecule has 0 aliphatic heterocycles. The number of aromatic nitrogens is 1. The molecule has 4 N–H and O–H groups in total. The molecule has 1 saturated carbocycles. The lowest BCUT2D eigenvalue weighted by atomic mass is 9.80. The molecule has 0 spiro atoms. The maximum atomic E-state index is 15.1. The summed E-state index contributed by atoms with van der Waals surface area (Å²) in [7, 11) is 0. The normalized spacial score (nSPS) is 23.4. The van der Waals surface area contributed by atoms with Crippen LogP contribution in [-0.4, -0.2) is 27.7 Å². The zero-order chi connectivity index (χ0) is 21.1. The van der Waals surface area contributed by atoms with Crippen molar-refractivity contribution in [3.63, 3.8) is 0 Å². The fourth-order valence-electron chi connectivity index (χ4n) is 3.45. The van der Waals surface area contributed by atoms with E-state index in [1.807, 2.05) is 0 Å². The molecule has 0 bridgehead atoms. The summed E-state index contributed by atoms with van der Waals surface area (Å²) in [5, 5.41) is 21.5. The van der Waals surface area contributed by atoms with Crippen LogP contribution in [0.1, 0.15) is 38.4 Å². The van der Waals surface area contributed by atoms with Gasteiger partial charge in [-0.05, 0) is 44.2 Å². The molecular formula is C20H22F4N2O2. The molecule has 1 aromatic heterocycles. The van der Waals surface area contributed by atoms with Gasteiger partial charge in [0.15, 0.2) is 5.82 Å². The highest BCUT2D eigenvalue weighted by atomic mass is 19.3. The van der Waals surface area contributed by atoms with Crippen LogP contribution in [0.25, 0.3) is 11.3 Å². The quantitative estimate of drug-likeness (QED) is 0.674. The van der Waals surface area contributed by atoms with Crippen molar-refractivity contribution < 1.29 is 27.8 Å². The summed E-state index contributed by atoms with van der Waals surface area (Å²) in [5.41, 5.74) is -0.804. The Morgan fingerprint density at radius 1 is 1.14 bits per heavy atom. The molecular weight excluding hydrogens is 376 g/mol. The third-order valence-electron chi connectivity index (χ3n) is 5.62.